The molecule has 1 aliphatic rings. The van der Waals surface area contributed by atoms with Gasteiger partial charge in [0.05, 0.1) is 24.4 Å². The largest absolute Gasteiger partial charge is 0.461 e. The Bertz CT molecular complexity index is 946. The molecule has 0 N–H and O–H groups in total. The number of carbonyl (C=O) groups is 2. The van der Waals surface area contributed by atoms with Gasteiger partial charge in [-0.1, -0.05) is 11.6 Å². The topological polar surface area (TPSA) is 73.7 Å². The molecule has 162 valence electrons. The van der Waals surface area contributed by atoms with Crippen LogP contribution in [0.25, 0.3) is 0 Å². The number of benzene rings is 1. The van der Waals surface area contributed by atoms with Crippen LogP contribution >= 0.6 is 11.6 Å². The highest BCUT2D eigenvalue weighted by Gasteiger charge is 2.31. The fourth-order valence-corrected chi connectivity index (χ4v) is 3.31. The van der Waals surface area contributed by atoms with Gasteiger partial charge < -0.3 is 14.4 Å². The smallest absolute Gasteiger partial charge is 0.416 e. The Morgan fingerprint density at radius 3 is 2.63 bits per heavy atom. The highest BCUT2D eigenvalue weighted by Crippen LogP contribution is 2.32. The number of nitrogens with zero attached hydrogens (tertiary/aromatic N) is 3. The molecule has 1 amide bonds. The first-order chi connectivity index (χ1) is 14.2. The normalized spacial score (nSPS) is 14.1. The lowest BCUT2D eigenvalue weighted by Crippen LogP contribution is -2.31. The molecule has 0 radical (unpaired) electrons. The number of esters is 1. The number of aryl methyl sites for hydroxylation is 1. The van der Waals surface area contributed by atoms with Gasteiger partial charge in [0.1, 0.15) is 6.61 Å². The van der Waals surface area contributed by atoms with Gasteiger partial charge in [-0.25, -0.2) is 9.59 Å². The Kier molecular flexibility index (Phi) is 6.55. The zero-order valence-corrected chi connectivity index (χ0v) is 16.8. The Morgan fingerprint density at radius 1 is 1.17 bits per heavy atom. The average Bonchev–Trinajstić information content (AvgIpc) is 2.97. The third kappa shape index (κ3) is 5.24. The van der Waals surface area contributed by atoms with Crippen molar-refractivity contribution in [2.75, 3.05) is 13.2 Å². The molecule has 0 aliphatic carbocycles. The lowest BCUT2D eigenvalue weighted by Gasteiger charge is -2.19. The fourth-order valence-electron chi connectivity index (χ4n) is 3.06. The molecule has 0 unspecified atom stereocenters. The predicted octanol–water partition coefficient (Wildman–Crippen LogP) is 4.27. The summed E-state index contributed by atoms with van der Waals surface area (Å²) in [6.07, 6.45) is -4.67. The molecule has 1 aromatic carbocycles. The van der Waals surface area contributed by atoms with Crippen LogP contribution in [0.4, 0.5) is 18.0 Å². The average molecular weight is 446 g/mol. The van der Waals surface area contributed by atoms with Gasteiger partial charge in [0.15, 0.2) is 5.69 Å². The van der Waals surface area contributed by atoms with E-state index in [2.05, 4.69) is 5.10 Å². The number of alkyl halides is 3. The van der Waals surface area contributed by atoms with E-state index in [0.29, 0.717) is 25.2 Å². The van der Waals surface area contributed by atoms with E-state index in [1.54, 1.807) is 17.7 Å². The van der Waals surface area contributed by atoms with E-state index in [9.17, 15) is 22.8 Å². The number of carbonyl (C=O) groups excluding carboxylic acids is 2. The highest BCUT2D eigenvalue weighted by atomic mass is 35.5. The minimum Gasteiger partial charge on any atom is -0.461 e. The van der Waals surface area contributed by atoms with Gasteiger partial charge in [0, 0.05) is 18.1 Å². The maximum atomic E-state index is 12.9. The van der Waals surface area contributed by atoms with Crippen LogP contribution in [0.1, 0.15) is 40.7 Å². The van der Waals surface area contributed by atoms with Crippen LogP contribution in [0, 0.1) is 0 Å². The van der Waals surface area contributed by atoms with Crippen LogP contribution in [0.3, 0.4) is 0 Å². The van der Waals surface area contributed by atoms with E-state index in [1.165, 1.54) is 11.0 Å². The number of fused-ring (bicyclic) bond motifs is 1. The zero-order valence-electron chi connectivity index (χ0n) is 16.0. The maximum absolute atomic E-state index is 12.9. The first-order valence-electron chi connectivity index (χ1n) is 9.19. The van der Waals surface area contributed by atoms with Crippen LogP contribution < -0.4 is 0 Å². The Balaban J connectivity index is 1.66. The summed E-state index contributed by atoms with van der Waals surface area (Å²) < 4.78 is 50.5. The highest BCUT2D eigenvalue weighted by molar-refractivity contribution is 6.30. The monoisotopic (exact) mass is 445 g/mol. The predicted molar refractivity (Wildman–Crippen MR) is 99.8 cm³/mol. The molecule has 3 rings (SSSR count). The molecule has 0 saturated carbocycles. The molecule has 11 heteroatoms. The number of ether oxygens (including phenoxy) is 2. The third-order valence-corrected chi connectivity index (χ3v) is 4.62. The molecular formula is C19H19ClF3N3O4. The van der Waals surface area contributed by atoms with Crippen molar-refractivity contribution in [1.29, 1.82) is 0 Å². The van der Waals surface area contributed by atoms with Gasteiger partial charge in [0.25, 0.3) is 0 Å². The molecule has 7 nitrogen and oxygen atoms in total. The van der Waals surface area contributed by atoms with Crippen LogP contribution in [0.15, 0.2) is 24.3 Å². The van der Waals surface area contributed by atoms with Gasteiger partial charge in [-0.3, -0.25) is 4.68 Å². The summed E-state index contributed by atoms with van der Waals surface area (Å²) in [5.41, 5.74) is 0.00847. The minimum atomic E-state index is -4.55. The molecule has 30 heavy (non-hydrogen) atoms. The summed E-state index contributed by atoms with van der Waals surface area (Å²) in [7, 11) is 0. The molecule has 0 atom stereocenters. The lowest BCUT2D eigenvalue weighted by molar-refractivity contribution is -0.137. The summed E-state index contributed by atoms with van der Waals surface area (Å²) in [6, 6.07) is 4.57. The number of halogens is 4. The minimum absolute atomic E-state index is 0.0963. The second kappa shape index (κ2) is 8.95. The van der Waals surface area contributed by atoms with Crippen molar-refractivity contribution in [2.45, 2.75) is 39.2 Å². The molecule has 0 spiro atoms. The van der Waals surface area contributed by atoms with Crippen molar-refractivity contribution in [3.05, 3.63) is 51.8 Å². The second-order valence-electron chi connectivity index (χ2n) is 6.64. The number of rotatable bonds is 4. The van der Waals surface area contributed by atoms with E-state index in [1.807, 2.05) is 0 Å². The van der Waals surface area contributed by atoms with Crippen molar-refractivity contribution in [1.82, 2.24) is 14.7 Å². The Labute approximate surface area is 175 Å². The summed E-state index contributed by atoms with van der Waals surface area (Å²) >= 11 is 5.75. The standard InChI is InChI=1S/C19H19ClF3N3O4/c1-2-29-17(27)16-9-15-10-25(4-3-5-26(15)24-16)18(28)30-11-12-6-13(19(21,22)23)8-14(20)7-12/h6-9H,2-5,10-11H2,1H3. The van der Waals surface area contributed by atoms with Crippen molar-refractivity contribution in [3.8, 4) is 0 Å². The van der Waals surface area contributed by atoms with Gasteiger partial charge >= 0.3 is 18.2 Å². The number of amides is 1. The Morgan fingerprint density at radius 2 is 1.93 bits per heavy atom. The fraction of sp³-hybridized carbons (Fsp3) is 0.421. The van der Waals surface area contributed by atoms with Crippen LogP contribution in [-0.2, 0) is 35.3 Å². The maximum Gasteiger partial charge on any atom is 0.416 e. The molecule has 1 aliphatic heterocycles. The summed E-state index contributed by atoms with van der Waals surface area (Å²) in [5, 5.41) is 4.10. The third-order valence-electron chi connectivity index (χ3n) is 4.40. The molecule has 0 fully saturated rings. The lowest BCUT2D eigenvalue weighted by atomic mass is 10.1. The van der Waals surface area contributed by atoms with Crippen molar-refractivity contribution < 1.29 is 32.2 Å². The molecule has 1 aromatic heterocycles. The first kappa shape index (κ1) is 21.9. The molecule has 0 saturated heterocycles. The van der Waals surface area contributed by atoms with E-state index in [4.69, 9.17) is 21.1 Å². The van der Waals surface area contributed by atoms with Crippen LogP contribution in [0.5, 0.6) is 0 Å². The van der Waals surface area contributed by atoms with E-state index in [-0.39, 0.29) is 36.0 Å². The van der Waals surface area contributed by atoms with Crippen molar-refractivity contribution in [2.24, 2.45) is 0 Å². The zero-order chi connectivity index (χ0) is 21.9. The number of aromatic nitrogens is 2. The number of hydrogen-bond donors (Lipinski definition) is 0. The molecule has 2 heterocycles. The quantitative estimate of drug-likeness (QED) is 0.657. The number of hydrogen-bond acceptors (Lipinski definition) is 5. The summed E-state index contributed by atoms with van der Waals surface area (Å²) in [6.45, 7) is 2.58. The summed E-state index contributed by atoms with van der Waals surface area (Å²) in [5.74, 6) is -0.548. The van der Waals surface area contributed by atoms with Gasteiger partial charge in [-0.2, -0.15) is 18.3 Å². The Hall–Kier alpha value is -2.75. The van der Waals surface area contributed by atoms with E-state index >= 15 is 0 Å². The molecular weight excluding hydrogens is 427 g/mol. The van der Waals surface area contributed by atoms with Crippen LogP contribution in [-0.4, -0.2) is 39.9 Å². The van der Waals surface area contributed by atoms with Crippen molar-refractivity contribution >= 4 is 23.7 Å². The molecule has 2 aromatic rings. The molecule has 0 bridgehead atoms. The van der Waals surface area contributed by atoms with Gasteiger partial charge in [-0.05, 0) is 43.2 Å². The SMILES string of the molecule is CCOC(=O)c1cc2n(n1)CCCN(C(=O)OCc1cc(Cl)cc(C(F)(F)F)c1)C2. The first-order valence-corrected chi connectivity index (χ1v) is 9.57. The van der Waals surface area contributed by atoms with Gasteiger partial charge in [-0.15, -0.1) is 0 Å². The second-order valence-corrected chi connectivity index (χ2v) is 7.08. The van der Waals surface area contributed by atoms with Gasteiger partial charge in [0.2, 0.25) is 0 Å². The van der Waals surface area contributed by atoms with E-state index < -0.39 is 23.8 Å². The van der Waals surface area contributed by atoms with E-state index in [0.717, 1.165) is 12.1 Å². The van der Waals surface area contributed by atoms with Crippen LogP contribution in [0.2, 0.25) is 5.02 Å². The van der Waals surface area contributed by atoms with Crippen molar-refractivity contribution in [3.63, 3.8) is 0 Å². The summed E-state index contributed by atoms with van der Waals surface area (Å²) in [4.78, 5) is 25.7.